The van der Waals surface area contributed by atoms with Crippen molar-refractivity contribution >= 4 is 29.3 Å². The second kappa shape index (κ2) is 10.4. The van der Waals surface area contributed by atoms with Crippen molar-refractivity contribution in [3.05, 3.63) is 78.1 Å². The Kier molecular flexibility index (Phi) is 7.45. The van der Waals surface area contributed by atoms with E-state index in [2.05, 4.69) is 22.1 Å². The van der Waals surface area contributed by atoms with Crippen LogP contribution in [0, 0.1) is 6.92 Å². The van der Waals surface area contributed by atoms with Crippen LogP contribution < -0.4 is 10.1 Å². The summed E-state index contributed by atoms with van der Waals surface area (Å²) in [6.07, 6.45) is 1.72. The number of carbonyl (C=O) groups excluding carboxylic acids is 1. The molecule has 9 heteroatoms. The molecule has 0 spiro atoms. The lowest BCUT2D eigenvalue weighted by Gasteiger charge is -2.10. The number of thioether (sulfide) groups is 1. The minimum atomic E-state index is -1.05. The van der Waals surface area contributed by atoms with Gasteiger partial charge in [0.25, 0.3) is 0 Å². The highest BCUT2D eigenvalue weighted by Crippen LogP contribution is 2.20. The molecular formula is C22H22N4O4S. The Bertz CT molecular complexity index is 1100. The maximum atomic E-state index is 12.3. The molecule has 1 amide bonds. The van der Waals surface area contributed by atoms with Gasteiger partial charge in [-0.25, -0.2) is 4.79 Å². The molecule has 0 saturated heterocycles. The first-order valence-electron chi connectivity index (χ1n) is 9.44. The Morgan fingerprint density at radius 1 is 1.23 bits per heavy atom. The highest BCUT2D eigenvalue weighted by atomic mass is 32.2. The number of carboxylic acids is 1. The quantitative estimate of drug-likeness (QED) is 0.366. The molecule has 160 valence electrons. The van der Waals surface area contributed by atoms with Crippen LogP contribution >= 0.6 is 11.8 Å². The number of hydrogen-bond acceptors (Lipinski definition) is 6. The van der Waals surface area contributed by atoms with E-state index < -0.39 is 5.97 Å². The van der Waals surface area contributed by atoms with Crippen LogP contribution in [0.5, 0.6) is 5.75 Å². The molecule has 0 aliphatic heterocycles. The standard InChI is InChI=1S/C22H22N4O4S/c1-3-10-26-19(13-30-18-9-4-6-15(2)11-18)24-25-22(26)31-14-20(27)23-17-8-5-7-16(12-17)21(28)29/h3-9,11-12H,1,10,13-14H2,2H3,(H,23,27)(H,28,29). The van der Waals surface area contributed by atoms with Crippen LogP contribution in [-0.4, -0.2) is 37.5 Å². The molecule has 0 fully saturated rings. The number of aromatic carboxylic acids is 1. The monoisotopic (exact) mass is 438 g/mol. The van der Waals surface area contributed by atoms with Crippen molar-refractivity contribution in [3.8, 4) is 5.75 Å². The molecule has 0 bridgehead atoms. The van der Waals surface area contributed by atoms with Crippen molar-refractivity contribution in [2.75, 3.05) is 11.1 Å². The summed E-state index contributed by atoms with van der Waals surface area (Å²) in [6, 6.07) is 13.8. The summed E-state index contributed by atoms with van der Waals surface area (Å²) in [5.41, 5.74) is 1.63. The Balaban J connectivity index is 1.61. The fraction of sp³-hybridized carbons (Fsp3) is 0.182. The molecule has 0 radical (unpaired) electrons. The molecule has 1 heterocycles. The molecule has 0 saturated carbocycles. The normalized spacial score (nSPS) is 10.5. The van der Waals surface area contributed by atoms with Crippen LogP contribution in [0.1, 0.15) is 21.7 Å². The van der Waals surface area contributed by atoms with Crippen molar-refractivity contribution in [3.63, 3.8) is 0 Å². The zero-order valence-corrected chi connectivity index (χ0v) is 17.8. The van der Waals surface area contributed by atoms with Crippen LogP contribution in [0.25, 0.3) is 0 Å². The van der Waals surface area contributed by atoms with Gasteiger partial charge in [0.1, 0.15) is 12.4 Å². The van der Waals surface area contributed by atoms with Gasteiger partial charge in [-0.3, -0.25) is 9.36 Å². The second-order valence-corrected chi connectivity index (χ2v) is 7.57. The summed E-state index contributed by atoms with van der Waals surface area (Å²) < 4.78 is 7.65. The van der Waals surface area contributed by atoms with E-state index in [1.54, 1.807) is 18.2 Å². The number of nitrogens with zero attached hydrogens (tertiary/aromatic N) is 3. The SMILES string of the molecule is C=CCn1c(COc2cccc(C)c2)nnc1SCC(=O)Nc1cccc(C(=O)O)c1. The van der Waals surface area contributed by atoms with Gasteiger partial charge in [0.15, 0.2) is 11.0 Å². The topological polar surface area (TPSA) is 106 Å². The van der Waals surface area contributed by atoms with E-state index in [0.29, 0.717) is 23.2 Å². The first-order valence-corrected chi connectivity index (χ1v) is 10.4. The summed E-state index contributed by atoms with van der Waals surface area (Å²) >= 11 is 1.23. The van der Waals surface area contributed by atoms with E-state index in [4.69, 9.17) is 9.84 Å². The third-order valence-electron chi connectivity index (χ3n) is 4.19. The van der Waals surface area contributed by atoms with Crippen LogP contribution in [0.15, 0.2) is 66.3 Å². The first-order chi connectivity index (χ1) is 15.0. The van der Waals surface area contributed by atoms with Crippen molar-refractivity contribution in [1.82, 2.24) is 14.8 Å². The van der Waals surface area contributed by atoms with Gasteiger partial charge in [0.05, 0.1) is 11.3 Å². The Morgan fingerprint density at radius 2 is 2.03 bits per heavy atom. The third kappa shape index (κ3) is 6.19. The van der Waals surface area contributed by atoms with Gasteiger partial charge >= 0.3 is 5.97 Å². The molecule has 8 nitrogen and oxygen atoms in total. The number of allylic oxidation sites excluding steroid dienone is 1. The molecule has 2 aromatic carbocycles. The number of benzene rings is 2. The highest BCUT2D eigenvalue weighted by Gasteiger charge is 2.14. The van der Waals surface area contributed by atoms with Crippen LogP contribution in [0.3, 0.4) is 0 Å². The molecule has 3 aromatic rings. The molecule has 1 aromatic heterocycles. The number of aryl methyl sites for hydroxylation is 1. The average molecular weight is 439 g/mol. The van der Waals surface area contributed by atoms with Crippen molar-refractivity contribution in [2.45, 2.75) is 25.2 Å². The van der Waals surface area contributed by atoms with Gasteiger partial charge in [-0.2, -0.15) is 0 Å². The fourth-order valence-electron chi connectivity index (χ4n) is 2.76. The molecule has 0 atom stereocenters. The molecule has 3 rings (SSSR count). The largest absolute Gasteiger partial charge is 0.486 e. The first kappa shape index (κ1) is 22.1. The lowest BCUT2D eigenvalue weighted by Crippen LogP contribution is -2.15. The van der Waals surface area contributed by atoms with E-state index in [1.807, 2.05) is 35.8 Å². The van der Waals surface area contributed by atoms with E-state index in [-0.39, 0.29) is 23.8 Å². The molecule has 0 unspecified atom stereocenters. The number of aromatic nitrogens is 3. The minimum absolute atomic E-state index is 0.0886. The summed E-state index contributed by atoms with van der Waals surface area (Å²) in [5.74, 6) is 0.121. The smallest absolute Gasteiger partial charge is 0.335 e. The van der Waals surface area contributed by atoms with E-state index >= 15 is 0 Å². The number of ether oxygens (including phenoxy) is 1. The number of anilines is 1. The van der Waals surface area contributed by atoms with Crippen molar-refractivity contribution in [1.29, 1.82) is 0 Å². The summed E-state index contributed by atoms with van der Waals surface area (Å²) in [7, 11) is 0. The van der Waals surface area contributed by atoms with Crippen LogP contribution in [0.4, 0.5) is 5.69 Å². The van der Waals surface area contributed by atoms with Gasteiger partial charge in [-0.1, -0.05) is 36.0 Å². The van der Waals surface area contributed by atoms with E-state index in [9.17, 15) is 9.59 Å². The Labute approximate surface area is 184 Å². The molecule has 0 aliphatic rings. The van der Waals surface area contributed by atoms with Gasteiger partial charge in [-0.15, -0.1) is 16.8 Å². The number of carboxylic acid groups (broad SMARTS) is 1. The molecular weight excluding hydrogens is 416 g/mol. The van der Waals surface area contributed by atoms with Crippen molar-refractivity contribution in [2.24, 2.45) is 0 Å². The lowest BCUT2D eigenvalue weighted by atomic mass is 10.2. The van der Waals surface area contributed by atoms with Gasteiger partial charge < -0.3 is 15.2 Å². The molecule has 2 N–H and O–H groups in total. The summed E-state index contributed by atoms with van der Waals surface area (Å²) in [5, 5.41) is 20.7. The maximum absolute atomic E-state index is 12.3. The predicted molar refractivity (Wildman–Crippen MR) is 118 cm³/mol. The number of nitrogens with one attached hydrogen (secondary N) is 1. The van der Waals surface area contributed by atoms with E-state index in [0.717, 1.165) is 11.3 Å². The highest BCUT2D eigenvalue weighted by molar-refractivity contribution is 7.99. The van der Waals surface area contributed by atoms with Gasteiger partial charge in [0.2, 0.25) is 5.91 Å². The zero-order chi connectivity index (χ0) is 22.2. The zero-order valence-electron chi connectivity index (χ0n) is 16.9. The third-order valence-corrected chi connectivity index (χ3v) is 5.16. The van der Waals surface area contributed by atoms with Crippen LogP contribution in [-0.2, 0) is 17.9 Å². The number of rotatable bonds is 10. The Hall–Kier alpha value is -3.59. The average Bonchev–Trinajstić information content (AvgIpc) is 3.13. The van der Waals surface area contributed by atoms with Gasteiger partial charge in [-0.05, 0) is 42.8 Å². The predicted octanol–water partition coefficient (Wildman–Crippen LogP) is 3.78. The van der Waals surface area contributed by atoms with Gasteiger partial charge in [0, 0.05) is 12.2 Å². The second-order valence-electron chi connectivity index (χ2n) is 6.63. The lowest BCUT2D eigenvalue weighted by molar-refractivity contribution is -0.113. The number of amides is 1. The maximum Gasteiger partial charge on any atom is 0.335 e. The Morgan fingerprint density at radius 3 is 2.77 bits per heavy atom. The number of hydrogen-bond donors (Lipinski definition) is 2. The number of carbonyl (C=O) groups is 2. The van der Waals surface area contributed by atoms with Crippen LogP contribution in [0.2, 0.25) is 0 Å². The minimum Gasteiger partial charge on any atom is -0.486 e. The summed E-state index contributed by atoms with van der Waals surface area (Å²) in [6.45, 7) is 6.47. The van der Waals surface area contributed by atoms with E-state index in [1.165, 1.54) is 23.9 Å². The molecule has 31 heavy (non-hydrogen) atoms. The summed E-state index contributed by atoms with van der Waals surface area (Å²) in [4.78, 5) is 23.4. The fourth-order valence-corrected chi connectivity index (χ4v) is 3.52. The molecule has 0 aliphatic carbocycles. The van der Waals surface area contributed by atoms with Crippen molar-refractivity contribution < 1.29 is 19.4 Å².